The molecule has 2 aromatic rings. The number of anilines is 1. The van der Waals surface area contributed by atoms with Crippen molar-refractivity contribution in [2.45, 2.75) is 13.1 Å². The standard InChI is InChI=1S/C14H16ClN3/c1-18(9-11-5-2-3-7-13(11)15)10-12-6-4-8-14(16)17-12/h2-8H,9-10H2,1H3,(H2,16,17). The summed E-state index contributed by atoms with van der Waals surface area (Å²) in [4.78, 5) is 6.44. The minimum absolute atomic E-state index is 0.554. The van der Waals surface area contributed by atoms with Gasteiger partial charge in [0.1, 0.15) is 5.82 Å². The van der Waals surface area contributed by atoms with Gasteiger partial charge >= 0.3 is 0 Å². The zero-order chi connectivity index (χ0) is 13.0. The number of pyridine rings is 1. The summed E-state index contributed by atoms with van der Waals surface area (Å²) in [5.74, 6) is 0.554. The van der Waals surface area contributed by atoms with Crippen LogP contribution in [-0.4, -0.2) is 16.9 Å². The first-order chi connectivity index (χ1) is 8.65. The molecular formula is C14H16ClN3. The van der Waals surface area contributed by atoms with Crippen LogP contribution in [-0.2, 0) is 13.1 Å². The fourth-order valence-electron chi connectivity index (χ4n) is 1.84. The molecule has 18 heavy (non-hydrogen) atoms. The van der Waals surface area contributed by atoms with Crippen LogP contribution >= 0.6 is 11.6 Å². The molecule has 94 valence electrons. The average molecular weight is 262 g/mol. The Labute approximate surface area is 112 Å². The van der Waals surface area contributed by atoms with E-state index in [1.165, 1.54) is 0 Å². The molecule has 2 rings (SSSR count). The Morgan fingerprint density at radius 3 is 2.61 bits per heavy atom. The third-order valence-corrected chi connectivity index (χ3v) is 3.03. The van der Waals surface area contributed by atoms with Crippen LogP contribution in [0.25, 0.3) is 0 Å². The quantitative estimate of drug-likeness (QED) is 0.920. The predicted molar refractivity (Wildman–Crippen MR) is 75.3 cm³/mol. The van der Waals surface area contributed by atoms with Crippen molar-refractivity contribution in [1.29, 1.82) is 0 Å². The summed E-state index contributed by atoms with van der Waals surface area (Å²) in [5, 5.41) is 0.796. The second kappa shape index (κ2) is 5.85. The van der Waals surface area contributed by atoms with Gasteiger partial charge in [0, 0.05) is 18.1 Å². The summed E-state index contributed by atoms with van der Waals surface area (Å²) in [7, 11) is 2.04. The highest BCUT2D eigenvalue weighted by molar-refractivity contribution is 6.31. The second-order valence-electron chi connectivity index (χ2n) is 4.32. The Balaban J connectivity index is 2.01. The zero-order valence-electron chi connectivity index (χ0n) is 10.3. The van der Waals surface area contributed by atoms with Crippen molar-refractivity contribution in [3.8, 4) is 0 Å². The van der Waals surface area contributed by atoms with Gasteiger partial charge in [-0.2, -0.15) is 0 Å². The number of aromatic nitrogens is 1. The first kappa shape index (κ1) is 12.9. The molecule has 0 aliphatic carbocycles. The Kier molecular flexibility index (Phi) is 4.18. The minimum Gasteiger partial charge on any atom is -0.384 e. The molecule has 0 saturated heterocycles. The fraction of sp³-hybridized carbons (Fsp3) is 0.214. The summed E-state index contributed by atoms with van der Waals surface area (Å²) in [6.45, 7) is 1.53. The van der Waals surface area contributed by atoms with E-state index in [9.17, 15) is 0 Å². The highest BCUT2D eigenvalue weighted by Crippen LogP contribution is 2.17. The van der Waals surface area contributed by atoms with Crippen LogP contribution in [0.3, 0.4) is 0 Å². The number of nitrogens with two attached hydrogens (primary N) is 1. The lowest BCUT2D eigenvalue weighted by atomic mass is 10.2. The molecule has 0 saturated carbocycles. The zero-order valence-corrected chi connectivity index (χ0v) is 11.1. The smallest absolute Gasteiger partial charge is 0.123 e. The highest BCUT2D eigenvalue weighted by Gasteiger charge is 2.05. The van der Waals surface area contributed by atoms with E-state index in [4.69, 9.17) is 17.3 Å². The van der Waals surface area contributed by atoms with Gasteiger partial charge in [-0.3, -0.25) is 4.90 Å². The van der Waals surface area contributed by atoms with Gasteiger partial charge in [-0.05, 0) is 30.8 Å². The lowest BCUT2D eigenvalue weighted by Gasteiger charge is -2.17. The molecule has 0 spiro atoms. The van der Waals surface area contributed by atoms with E-state index in [1.807, 2.05) is 43.4 Å². The number of benzene rings is 1. The first-order valence-electron chi connectivity index (χ1n) is 5.78. The summed E-state index contributed by atoms with van der Waals surface area (Å²) < 4.78 is 0. The monoisotopic (exact) mass is 261 g/mol. The van der Waals surface area contributed by atoms with Crippen molar-refractivity contribution in [3.63, 3.8) is 0 Å². The maximum absolute atomic E-state index is 6.13. The van der Waals surface area contributed by atoms with Crippen molar-refractivity contribution in [2.24, 2.45) is 0 Å². The van der Waals surface area contributed by atoms with Gasteiger partial charge in [-0.1, -0.05) is 35.9 Å². The largest absolute Gasteiger partial charge is 0.384 e. The number of nitrogens with zero attached hydrogens (tertiary/aromatic N) is 2. The molecule has 3 nitrogen and oxygen atoms in total. The molecule has 1 aromatic carbocycles. The number of hydrogen-bond acceptors (Lipinski definition) is 3. The number of rotatable bonds is 4. The molecular weight excluding hydrogens is 246 g/mol. The molecule has 0 radical (unpaired) electrons. The van der Waals surface area contributed by atoms with E-state index < -0.39 is 0 Å². The van der Waals surface area contributed by atoms with Gasteiger partial charge in [0.2, 0.25) is 0 Å². The van der Waals surface area contributed by atoms with Crippen LogP contribution in [0.2, 0.25) is 5.02 Å². The summed E-state index contributed by atoms with van der Waals surface area (Å²) in [5.41, 5.74) is 7.74. The van der Waals surface area contributed by atoms with Gasteiger partial charge in [-0.15, -0.1) is 0 Å². The molecule has 0 atom stereocenters. The summed E-state index contributed by atoms with van der Waals surface area (Å²) in [6, 6.07) is 13.5. The van der Waals surface area contributed by atoms with E-state index in [2.05, 4.69) is 9.88 Å². The van der Waals surface area contributed by atoms with Crippen LogP contribution in [0, 0.1) is 0 Å². The van der Waals surface area contributed by atoms with Crippen LogP contribution in [0.1, 0.15) is 11.3 Å². The van der Waals surface area contributed by atoms with Crippen molar-refractivity contribution >= 4 is 17.4 Å². The highest BCUT2D eigenvalue weighted by atomic mass is 35.5. The third kappa shape index (κ3) is 3.45. The van der Waals surface area contributed by atoms with Crippen LogP contribution in [0.4, 0.5) is 5.82 Å². The fourth-order valence-corrected chi connectivity index (χ4v) is 2.03. The predicted octanol–water partition coefficient (Wildman–Crippen LogP) is 2.95. The van der Waals surface area contributed by atoms with Crippen molar-refractivity contribution in [2.75, 3.05) is 12.8 Å². The SMILES string of the molecule is CN(Cc1cccc(N)n1)Cc1ccccc1Cl. The van der Waals surface area contributed by atoms with Crippen molar-refractivity contribution in [3.05, 3.63) is 58.7 Å². The van der Waals surface area contributed by atoms with E-state index in [0.717, 1.165) is 29.4 Å². The van der Waals surface area contributed by atoms with Gasteiger partial charge in [-0.25, -0.2) is 4.98 Å². The van der Waals surface area contributed by atoms with Crippen LogP contribution in [0.5, 0.6) is 0 Å². The van der Waals surface area contributed by atoms with Crippen molar-refractivity contribution < 1.29 is 0 Å². The Bertz CT molecular complexity index is 528. The minimum atomic E-state index is 0.554. The lowest BCUT2D eigenvalue weighted by molar-refractivity contribution is 0.315. The first-order valence-corrected chi connectivity index (χ1v) is 6.16. The Hall–Kier alpha value is -1.58. The molecule has 0 fully saturated rings. The maximum atomic E-state index is 6.13. The Morgan fingerprint density at radius 1 is 1.11 bits per heavy atom. The second-order valence-corrected chi connectivity index (χ2v) is 4.72. The van der Waals surface area contributed by atoms with E-state index in [0.29, 0.717) is 5.82 Å². The summed E-state index contributed by atoms with van der Waals surface area (Å²) >= 11 is 6.13. The number of halogens is 1. The summed E-state index contributed by atoms with van der Waals surface area (Å²) in [6.07, 6.45) is 0. The molecule has 2 N–H and O–H groups in total. The van der Waals surface area contributed by atoms with E-state index in [-0.39, 0.29) is 0 Å². The van der Waals surface area contributed by atoms with E-state index in [1.54, 1.807) is 6.07 Å². The van der Waals surface area contributed by atoms with Gasteiger partial charge in [0.25, 0.3) is 0 Å². The Morgan fingerprint density at radius 2 is 1.89 bits per heavy atom. The van der Waals surface area contributed by atoms with Crippen LogP contribution in [0.15, 0.2) is 42.5 Å². The lowest BCUT2D eigenvalue weighted by Crippen LogP contribution is -2.18. The maximum Gasteiger partial charge on any atom is 0.123 e. The molecule has 0 amide bonds. The number of nitrogen functional groups attached to an aromatic ring is 1. The average Bonchev–Trinajstić information content (AvgIpc) is 2.32. The van der Waals surface area contributed by atoms with Crippen molar-refractivity contribution in [1.82, 2.24) is 9.88 Å². The van der Waals surface area contributed by atoms with Gasteiger partial charge in [0.15, 0.2) is 0 Å². The molecule has 4 heteroatoms. The topological polar surface area (TPSA) is 42.1 Å². The molecule has 0 bridgehead atoms. The normalized spacial score (nSPS) is 10.8. The van der Waals surface area contributed by atoms with Crippen LogP contribution < -0.4 is 5.73 Å². The molecule has 1 heterocycles. The van der Waals surface area contributed by atoms with Gasteiger partial charge < -0.3 is 5.73 Å². The molecule has 1 aromatic heterocycles. The van der Waals surface area contributed by atoms with Gasteiger partial charge in [0.05, 0.1) is 5.69 Å². The molecule has 0 aliphatic heterocycles. The molecule has 0 unspecified atom stereocenters. The number of hydrogen-bond donors (Lipinski definition) is 1. The third-order valence-electron chi connectivity index (χ3n) is 2.66. The molecule has 0 aliphatic rings. The van der Waals surface area contributed by atoms with E-state index >= 15 is 0 Å².